The van der Waals surface area contributed by atoms with Gasteiger partial charge in [0.05, 0.1) is 42.0 Å². The Morgan fingerprint density at radius 2 is 1.61 bits per heavy atom. The molecule has 4 saturated carbocycles. The van der Waals surface area contributed by atoms with E-state index >= 15 is 4.39 Å². The highest BCUT2D eigenvalue weighted by molar-refractivity contribution is 6.01. The number of fused-ring (bicyclic) bond motifs is 6. The van der Waals surface area contributed by atoms with E-state index in [1.165, 1.54) is 26.2 Å². The van der Waals surface area contributed by atoms with Gasteiger partial charge in [-0.2, -0.15) is 0 Å². The topological polar surface area (TPSA) is 267 Å². The zero-order chi connectivity index (χ0) is 58.5. The van der Waals surface area contributed by atoms with E-state index in [0.29, 0.717) is 31.3 Å². The second-order valence-corrected chi connectivity index (χ2v) is 26.8. The molecule has 19 nitrogen and oxygen atoms in total. The zero-order valence-corrected chi connectivity index (χ0v) is 49.3. The van der Waals surface area contributed by atoms with Gasteiger partial charge in [0.2, 0.25) is 0 Å². The number of ketones is 1. The molecule has 3 heterocycles. The van der Waals surface area contributed by atoms with Crippen LogP contribution in [0.1, 0.15) is 140 Å². The fourth-order valence-corrected chi connectivity index (χ4v) is 16.3. The van der Waals surface area contributed by atoms with E-state index < -0.39 is 141 Å². The van der Waals surface area contributed by atoms with Crippen molar-refractivity contribution < 1.29 is 82.9 Å². The molecule has 20 heteroatoms. The molecule has 3 aliphatic heterocycles. The van der Waals surface area contributed by atoms with E-state index in [4.69, 9.17) is 28.4 Å². The normalized spacial score (nSPS) is 51.5. The number of amides is 1. The van der Waals surface area contributed by atoms with E-state index in [0.717, 1.165) is 0 Å². The first kappa shape index (κ1) is 62.5. The van der Waals surface area contributed by atoms with Gasteiger partial charge in [0.15, 0.2) is 24.0 Å². The van der Waals surface area contributed by atoms with Crippen molar-refractivity contribution in [3.05, 3.63) is 23.8 Å². The van der Waals surface area contributed by atoms with Crippen molar-refractivity contribution in [3.63, 3.8) is 0 Å². The molecule has 25 atom stereocenters. The van der Waals surface area contributed by atoms with Gasteiger partial charge in [0, 0.05) is 80.3 Å². The summed E-state index contributed by atoms with van der Waals surface area (Å²) in [6.07, 6.45) is -4.55. The molecular formula is C59H96FN3O16. The molecule has 7 fully saturated rings. The van der Waals surface area contributed by atoms with E-state index in [1.807, 2.05) is 27.9 Å². The number of carbonyl (C=O) groups excluding carboxylic acids is 3. The maximum absolute atomic E-state index is 17.8. The average Bonchev–Trinajstić information content (AvgIpc) is 3.96. The number of ether oxygens (including phenoxy) is 6. The highest BCUT2D eigenvalue weighted by Gasteiger charge is 2.75. The maximum Gasteiger partial charge on any atom is 0.311 e. The van der Waals surface area contributed by atoms with Crippen molar-refractivity contribution in [2.24, 2.45) is 40.4 Å². The standard InChI is InChI=1S/C59H96FN3O16/c1-15-43-55(11,70)46(66)35(6)63(24-16-23-61-51(69)57(72)22-20-39-40-18-17-37-26-38(64)19-21-52(37,8)59(40,60)42(65)27-53(39,57)9)30-56(71)29-58(56,73)48(79-50-32(3)41(62(12)13)25-31(2)75-50)33(4)45(34(5)49(68)77-43)78-44-28-54(10,74-14)47(67)36(7)76-44/h19,21,26,31-36,39-48,50,65-67,70-73H,15-18,20,22-25,27-30H2,1-14H3,(H,61,69)/t31-,32-,33+,34-,35-,36-,39?,40?,41-,42+,43-,44-,45+,46-,47-,48-,50+,52+,53+,54+,55-,56-,57+,58-,59+/m1/s1. The lowest BCUT2D eigenvalue weighted by Gasteiger charge is -2.62. The minimum Gasteiger partial charge on any atom is -0.459 e. The number of β-amino-alcohol motifs (C(OH)–C–C–N with tert-alkyl or cyclic N) is 1. The minimum atomic E-state index is -2.13. The van der Waals surface area contributed by atoms with Crippen molar-refractivity contribution in [2.45, 2.75) is 248 Å². The summed E-state index contributed by atoms with van der Waals surface area (Å²) in [5, 5.41) is 89.0. The molecule has 0 spiro atoms. The predicted octanol–water partition coefficient (Wildman–Crippen LogP) is 3.24. The third kappa shape index (κ3) is 10.3. The summed E-state index contributed by atoms with van der Waals surface area (Å²) in [5.74, 6) is -5.08. The molecule has 8 rings (SSSR count). The van der Waals surface area contributed by atoms with Gasteiger partial charge in [0.1, 0.15) is 40.7 Å². The molecule has 2 unspecified atom stereocenters. The lowest BCUT2D eigenvalue weighted by molar-refractivity contribution is -0.310. The summed E-state index contributed by atoms with van der Waals surface area (Å²) in [5.41, 5.74) is -13.0. The van der Waals surface area contributed by atoms with Gasteiger partial charge in [-0.3, -0.25) is 19.3 Å². The number of carbonyl (C=O) groups is 3. The number of aliphatic hydroxyl groups excluding tert-OH is 3. The summed E-state index contributed by atoms with van der Waals surface area (Å²) < 4.78 is 56.4. The summed E-state index contributed by atoms with van der Waals surface area (Å²) in [6, 6.07) is -0.950. The molecule has 3 saturated heterocycles. The van der Waals surface area contributed by atoms with Crippen LogP contribution in [0.25, 0.3) is 0 Å². The first-order chi connectivity index (χ1) is 36.6. The molecule has 79 heavy (non-hydrogen) atoms. The van der Waals surface area contributed by atoms with Crippen LogP contribution in [0.4, 0.5) is 4.39 Å². The third-order valence-electron chi connectivity index (χ3n) is 21.7. The number of hydrogen-bond donors (Lipinski definition) is 8. The number of allylic oxidation sites excluding steroid dienone is 4. The monoisotopic (exact) mass is 1120 g/mol. The summed E-state index contributed by atoms with van der Waals surface area (Å²) in [4.78, 5) is 45.3. The average molecular weight is 1120 g/mol. The Bertz CT molecular complexity index is 2330. The fraction of sp³-hybridized carbons (Fsp3) is 0.881. The summed E-state index contributed by atoms with van der Waals surface area (Å²) in [7, 11) is 5.44. The van der Waals surface area contributed by atoms with Gasteiger partial charge in [-0.1, -0.05) is 39.3 Å². The van der Waals surface area contributed by atoms with Crippen LogP contribution in [0.5, 0.6) is 0 Å². The lowest BCUT2D eigenvalue weighted by atomic mass is 9.45. The number of rotatable bonds is 12. The Balaban J connectivity index is 1.07. The zero-order valence-electron chi connectivity index (χ0n) is 49.3. The molecule has 5 aliphatic carbocycles. The fourth-order valence-electron chi connectivity index (χ4n) is 16.3. The van der Waals surface area contributed by atoms with Crippen molar-refractivity contribution >= 4 is 17.7 Å². The van der Waals surface area contributed by atoms with Gasteiger partial charge in [-0.15, -0.1) is 0 Å². The van der Waals surface area contributed by atoms with Crippen LogP contribution < -0.4 is 5.32 Å². The second kappa shape index (κ2) is 22.1. The number of nitrogens with one attached hydrogen (secondary N) is 1. The Morgan fingerprint density at radius 3 is 2.25 bits per heavy atom. The van der Waals surface area contributed by atoms with Crippen LogP contribution in [0, 0.1) is 40.4 Å². The Labute approximate surface area is 466 Å². The van der Waals surface area contributed by atoms with Crippen LogP contribution in [0.2, 0.25) is 0 Å². The molecule has 450 valence electrons. The van der Waals surface area contributed by atoms with E-state index in [9.17, 15) is 50.1 Å². The van der Waals surface area contributed by atoms with Crippen molar-refractivity contribution in [3.8, 4) is 0 Å². The van der Waals surface area contributed by atoms with Crippen molar-refractivity contribution in [2.75, 3.05) is 40.8 Å². The molecule has 0 aromatic heterocycles. The van der Waals surface area contributed by atoms with Gasteiger partial charge in [-0.05, 0) is 132 Å². The predicted molar refractivity (Wildman–Crippen MR) is 287 cm³/mol. The molecule has 0 radical (unpaired) electrons. The first-order valence-electron chi connectivity index (χ1n) is 29.3. The third-order valence-corrected chi connectivity index (χ3v) is 21.7. The summed E-state index contributed by atoms with van der Waals surface area (Å²) >= 11 is 0. The van der Waals surface area contributed by atoms with E-state index in [2.05, 4.69) is 10.2 Å². The van der Waals surface area contributed by atoms with E-state index in [-0.39, 0.29) is 82.0 Å². The smallest absolute Gasteiger partial charge is 0.311 e. The lowest BCUT2D eigenvalue weighted by Crippen LogP contribution is -2.69. The Hall–Kier alpha value is -2.54. The number of nitrogens with zero attached hydrogens (tertiary/aromatic N) is 2. The van der Waals surface area contributed by atoms with Crippen LogP contribution in [0.3, 0.4) is 0 Å². The van der Waals surface area contributed by atoms with Gasteiger partial charge < -0.3 is 74.4 Å². The maximum atomic E-state index is 17.8. The molecule has 0 aromatic carbocycles. The number of hydrogen-bond acceptors (Lipinski definition) is 18. The molecule has 0 bridgehead atoms. The highest BCUT2D eigenvalue weighted by Crippen LogP contribution is 2.70. The Kier molecular flexibility index (Phi) is 17.5. The Morgan fingerprint density at radius 1 is 0.924 bits per heavy atom. The van der Waals surface area contributed by atoms with Crippen LogP contribution in [0.15, 0.2) is 23.8 Å². The number of aliphatic hydroxyl groups is 7. The quantitative estimate of drug-likeness (QED) is 0.103. The van der Waals surface area contributed by atoms with Gasteiger partial charge >= 0.3 is 5.97 Å². The van der Waals surface area contributed by atoms with Gasteiger partial charge in [0.25, 0.3) is 5.91 Å². The SMILES string of the molecule is CC[C@H]1OC(=O)[C@H](C)[C@@H](O[C@@H]2C[C@](C)(OC)[C@H](O)[C@@H](C)O2)[C@H](C)[C@@H](O[C@@H]2O[C@H](C)C[C@@H](N(C)C)[C@H]2C)[C@]2(O)C[C@@]2(O)CN(CCCNC(=O)[C@@]2(O)CCC3C4CCC5=CC(=O)C=C[C@]5(C)[C@@]4(F)[C@@H](O)C[C@@]32C)[C@H](C)[C@@H](O)[C@]1(C)O. The molecule has 8 N–H and O–H groups in total. The molecular weight excluding hydrogens is 1030 g/mol. The first-order valence-corrected chi connectivity index (χ1v) is 29.3. The van der Waals surface area contributed by atoms with Gasteiger partial charge in [-0.25, -0.2) is 4.39 Å². The highest BCUT2D eigenvalue weighted by atomic mass is 19.1. The van der Waals surface area contributed by atoms with E-state index in [1.54, 1.807) is 66.4 Å². The number of halogens is 1. The van der Waals surface area contributed by atoms with Crippen molar-refractivity contribution in [1.29, 1.82) is 0 Å². The minimum absolute atomic E-state index is 0.00236. The molecule has 1 amide bonds. The number of methoxy groups -OCH3 is 1. The summed E-state index contributed by atoms with van der Waals surface area (Å²) in [6.45, 7) is 18.8. The largest absolute Gasteiger partial charge is 0.459 e. The van der Waals surface area contributed by atoms with Crippen LogP contribution in [-0.2, 0) is 42.8 Å². The van der Waals surface area contributed by atoms with Crippen LogP contribution >= 0.6 is 0 Å². The van der Waals surface area contributed by atoms with Crippen molar-refractivity contribution in [1.82, 2.24) is 15.1 Å². The number of cyclic esters (lactones) is 1. The second-order valence-electron chi connectivity index (χ2n) is 26.8. The number of alkyl halides is 1. The molecule has 0 aromatic rings. The van der Waals surface area contributed by atoms with Crippen LogP contribution in [-0.4, -0.2) is 211 Å². The number of esters is 1. The molecule has 8 aliphatic rings.